The number of likely N-dealkylation sites (tertiary alicyclic amines) is 1. The fraction of sp³-hybridized carbons (Fsp3) is 0.261. The Labute approximate surface area is 212 Å². The van der Waals surface area contributed by atoms with Gasteiger partial charge in [0.15, 0.2) is 5.82 Å². The van der Waals surface area contributed by atoms with Crippen molar-refractivity contribution < 1.29 is 4.92 Å². The van der Waals surface area contributed by atoms with Gasteiger partial charge in [-0.3, -0.25) is 10.1 Å². The summed E-state index contributed by atoms with van der Waals surface area (Å²) in [4.78, 5) is 30.6. The Hall–Kier alpha value is -3.50. The van der Waals surface area contributed by atoms with Crippen molar-refractivity contribution >= 4 is 52.0 Å². The Kier molecular flexibility index (Phi) is 7.32. The molecule has 1 fully saturated rings. The monoisotopic (exact) mass is 513 g/mol. The van der Waals surface area contributed by atoms with Crippen LogP contribution in [-0.4, -0.2) is 43.7 Å². The standard InChI is InChI=1S/C23H23Cl2N8O2/c1-13(28-20-8-7-19(33(34)35)22(26)30-20)23-27-12-18(29-14(2)32-9-3-4-10-32)21(31-23)16-6-5-15(24)11-17(16)25/h5-8,11-13H,1,3-4,9-10H2,2H3,(H3,26,28,30)/b29-14-. The van der Waals surface area contributed by atoms with E-state index in [9.17, 15) is 10.1 Å². The van der Waals surface area contributed by atoms with Crippen molar-refractivity contribution in [3.05, 3.63) is 69.4 Å². The molecule has 1 atom stereocenters. The molecule has 0 spiro atoms. The van der Waals surface area contributed by atoms with Crippen molar-refractivity contribution in [3.63, 3.8) is 0 Å². The van der Waals surface area contributed by atoms with Crippen LogP contribution in [0.2, 0.25) is 10.0 Å². The van der Waals surface area contributed by atoms with E-state index in [1.165, 1.54) is 12.1 Å². The van der Waals surface area contributed by atoms with Gasteiger partial charge in [0.1, 0.15) is 23.0 Å². The molecule has 4 rings (SSSR count). The lowest BCUT2D eigenvalue weighted by Crippen LogP contribution is -2.24. The first-order valence-electron chi connectivity index (χ1n) is 10.9. The van der Waals surface area contributed by atoms with Gasteiger partial charge in [-0.25, -0.2) is 19.9 Å². The van der Waals surface area contributed by atoms with Gasteiger partial charge < -0.3 is 16.0 Å². The van der Waals surface area contributed by atoms with Crippen molar-refractivity contribution in [1.82, 2.24) is 19.9 Å². The summed E-state index contributed by atoms with van der Waals surface area (Å²) in [6.45, 7) is 7.95. The van der Waals surface area contributed by atoms with Crippen LogP contribution >= 0.6 is 23.2 Å². The molecule has 0 bridgehead atoms. The highest BCUT2D eigenvalue weighted by Crippen LogP contribution is 2.36. The number of aromatic nitrogens is 3. The molecular formula is C23H23Cl2N8O2. The van der Waals surface area contributed by atoms with Crippen LogP contribution in [0.1, 0.15) is 31.6 Å². The number of aliphatic imine (C=N–C) groups is 1. The van der Waals surface area contributed by atoms with Gasteiger partial charge in [0.25, 0.3) is 0 Å². The summed E-state index contributed by atoms with van der Waals surface area (Å²) in [5, 5.41) is 14.9. The van der Waals surface area contributed by atoms with Crippen LogP contribution in [0.15, 0.2) is 41.5 Å². The fourth-order valence-corrected chi connectivity index (χ4v) is 4.25. The third-order valence-corrected chi connectivity index (χ3v) is 6.10. The predicted octanol–water partition coefficient (Wildman–Crippen LogP) is 5.47. The number of hydrogen-bond donors (Lipinski definition) is 2. The molecule has 3 N–H and O–H groups in total. The number of nitrogens with one attached hydrogen (secondary N) is 1. The number of benzene rings is 1. The Morgan fingerprint density at radius 1 is 1.26 bits per heavy atom. The number of nitrogens with zero attached hydrogens (tertiary/aromatic N) is 6. The van der Waals surface area contributed by atoms with E-state index in [1.54, 1.807) is 24.4 Å². The molecule has 1 saturated heterocycles. The summed E-state index contributed by atoms with van der Waals surface area (Å²) < 4.78 is 0. The minimum Gasteiger partial charge on any atom is -0.378 e. The minimum absolute atomic E-state index is 0.205. The summed E-state index contributed by atoms with van der Waals surface area (Å²) in [7, 11) is 0. The number of rotatable bonds is 6. The molecule has 0 aliphatic carbocycles. The first kappa shape index (κ1) is 24.6. The summed E-state index contributed by atoms with van der Waals surface area (Å²) in [5.74, 6) is 1.32. The molecule has 0 saturated carbocycles. The Balaban J connectivity index is 1.70. The smallest absolute Gasteiger partial charge is 0.311 e. The first-order valence-corrected chi connectivity index (χ1v) is 11.6. The first-order chi connectivity index (χ1) is 16.7. The van der Waals surface area contributed by atoms with Crippen LogP contribution in [0, 0.1) is 17.0 Å². The molecule has 181 valence electrons. The molecule has 1 radical (unpaired) electrons. The van der Waals surface area contributed by atoms with E-state index in [4.69, 9.17) is 38.9 Å². The normalized spacial score (nSPS) is 14.7. The van der Waals surface area contributed by atoms with Crippen molar-refractivity contribution in [1.29, 1.82) is 0 Å². The number of anilines is 2. The highest BCUT2D eigenvalue weighted by atomic mass is 35.5. The Bertz CT molecular complexity index is 1290. The molecule has 0 amide bonds. The maximum Gasteiger partial charge on any atom is 0.311 e. The second kappa shape index (κ2) is 10.4. The molecule has 2 aromatic heterocycles. The summed E-state index contributed by atoms with van der Waals surface area (Å²) in [6, 6.07) is 7.23. The van der Waals surface area contributed by atoms with Gasteiger partial charge in [-0.15, -0.1) is 0 Å². The highest BCUT2D eigenvalue weighted by Gasteiger charge is 2.20. The van der Waals surface area contributed by atoms with Crippen LogP contribution in [0.4, 0.5) is 23.0 Å². The average molecular weight is 514 g/mol. The van der Waals surface area contributed by atoms with Gasteiger partial charge in [0.05, 0.1) is 22.2 Å². The number of nitrogen functional groups attached to an aromatic ring is 1. The van der Waals surface area contributed by atoms with Crippen molar-refractivity contribution in [2.45, 2.75) is 25.8 Å². The highest BCUT2D eigenvalue weighted by molar-refractivity contribution is 6.36. The van der Waals surface area contributed by atoms with E-state index < -0.39 is 11.0 Å². The molecule has 3 aromatic rings. The molecular weight excluding hydrogens is 491 g/mol. The molecule has 1 aliphatic rings. The molecule has 12 heteroatoms. The molecule has 1 aliphatic heterocycles. The van der Waals surface area contributed by atoms with E-state index >= 15 is 0 Å². The molecule has 3 heterocycles. The average Bonchev–Trinajstić information content (AvgIpc) is 3.34. The van der Waals surface area contributed by atoms with Gasteiger partial charge in [0.2, 0.25) is 5.82 Å². The number of amidine groups is 1. The predicted molar refractivity (Wildman–Crippen MR) is 138 cm³/mol. The zero-order chi connectivity index (χ0) is 25.1. The van der Waals surface area contributed by atoms with Crippen LogP contribution in [0.25, 0.3) is 11.3 Å². The third kappa shape index (κ3) is 5.60. The second-order valence-electron chi connectivity index (χ2n) is 7.99. The summed E-state index contributed by atoms with van der Waals surface area (Å²) >= 11 is 12.6. The summed E-state index contributed by atoms with van der Waals surface area (Å²) in [6.07, 6.45) is 3.89. The van der Waals surface area contributed by atoms with Crippen LogP contribution in [0.3, 0.4) is 0 Å². The van der Waals surface area contributed by atoms with Crippen molar-refractivity contribution in [2.24, 2.45) is 4.99 Å². The van der Waals surface area contributed by atoms with Crippen molar-refractivity contribution in [2.75, 3.05) is 24.1 Å². The minimum atomic E-state index is -0.647. The zero-order valence-electron chi connectivity index (χ0n) is 18.9. The van der Waals surface area contributed by atoms with E-state index in [1.807, 2.05) is 6.92 Å². The van der Waals surface area contributed by atoms with E-state index in [2.05, 4.69) is 27.1 Å². The number of pyridine rings is 1. The van der Waals surface area contributed by atoms with E-state index in [-0.39, 0.29) is 11.5 Å². The second-order valence-corrected chi connectivity index (χ2v) is 8.84. The third-order valence-electron chi connectivity index (χ3n) is 5.55. The van der Waals surface area contributed by atoms with Gasteiger partial charge in [-0.2, -0.15) is 0 Å². The van der Waals surface area contributed by atoms with Crippen LogP contribution in [0.5, 0.6) is 0 Å². The van der Waals surface area contributed by atoms with Crippen LogP contribution < -0.4 is 11.1 Å². The zero-order valence-corrected chi connectivity index (χ0v) is 20.4. The largest absolute Gasteiger partial charge is 0.378 e. The van der Waals surface area contributed by atoms with Gasteiger partial charge in [0, 0.05) is 29.7 Å². The molecule has 1 aromatic carbocycles. The molecule has 1 unspecified atom stereocenters. The number of halogens is 2. The van der Waals surface area contributed by atoms with Crippen molar-refractivity contribution in [3.8, 4) is 11.3 Å². The SMILES string of the molecule is [CH2]C(Nc1ccc([N+](=O)[O-])c(N)n1)c1ncc(/N=C(/C)N2CCCC2)c(-c2ccc(Cl)cc2Cl)n1. The maximum atomic E-state index is 11.0. The lowest BCUT2D eigenvalue weighted by molar-refractivity contribution is -0.384. The number of nitro groups is 1. The maximum absolute atomic E-state index is 11.0. The van der Waals surface area contributed by atoms with Gasteiger partial charge in [-0.05, 0) is 51.0 Å². The van der Waals surface area contributed by atoms with E-state index in [0.717, 1.165) is 31.8 Å². The number of hydrogen-bond acceptors (Lipinski definition) is 8. The Morgan fingerprint density at radius 2 is 2.00 bits per heavy atom. The Morgan fingerprint density at radius 3 is 2.66 bits per heavy atom. The lowest BCUT2D eigenvalue weighted by atomic mass is 10.1. The van der Waals surface area contributed by atoms with E-state index in [0.29, 0.717) is 38.6 Å². The lowest BCUT2D eigenvalue weighted by Gasteiger charge is -2.18. The number of nitrogens with two attached hydrogens (primary N) is 1. The molecule has 10 nitrogen and oxygen atoms in total. The van der Waals surface area contributed by atoms with Crippen LogP contribution in [-0.2, 0) is 0 Å². The van der Waals surface area contributed by atoms with Gasteiger partial charge in [-0.1, -0.05) is 23.2 Å². The quantitative estimate of drug-likeness (QED) is 0.191. The fourth-order valence-electron chi connectivity index (χ4n) is 3.75. The molecule has 35 heavy (non-hydrogen) atoms. The summed E-state index contributed by atoms with van der Waals surface area (Å²) in [5.41, 5.74) is 7.16. The van der Waals surface area contributed by atoms with Gasteiger partial charge >= 0.3 is 5.69 Å². The topological polar surface area (TPSA) is 135 Å².